The Kier molecular flexibility index (Phi) is 3.51. The van der Waals surface area contributed by atoms with E-state index in [0.717, 1.165) is 21.3 Å². The zero-order chi connectivity index (χ0) is 18.5. The van der Waals surface area contributed by atoms with Crippen LogP contribution in [0.2, 0.25) is 0 Å². The molecule has 0 saturated heterocycles. The second-order valence-electron chi connectivity index (χ2n) is 6.20. The number of para-hydroxylation sites is 2. The second kappa shape index (κ2) is 5.92. The van der Waals surface area contributed by atoms with Crippen LogP contribution in [-0.4, -0.2) is 29.7 Å². The molecule has 0 atom stereocenters. The molecule has 0 bridgehead atoms. The van der Waals surface area contributed by atoms with Gasteiger partial charge in [-0.2, -0.15) is 4.98 Å². The van der Waals surface area contributed by atoms with Gasteiger partial charge in [-0.05, 0) is 31.2 Å². The molecule has 0 fully saturated rings. The van der Waals surface area contributed by atoms with Crippen molar-refractivity contribution in [1.82, 2.24) is 29.7 Å². The monoisotopic (exact) mass is 424 g/mol. The standard InChI is InChI=1S/C18H13BrN6O2/c1-9-20-12-4-2-3-5-14(12)25(9)8-15-22-17(27-24-15)11-6-10(19)7-13-16(11)23-18(26)21-13/h2-7H,8H2,1H3,(H2,21,23,26). The van der Waals surface area contributed by atoms with Crippen molar-refractivity contribution in [2.24, 2.45) is 0 Å². The third-order valence-electron chi connectivity index (χ3n) is 4.43. The van der Waals surface area contributed by atoms with Gasteiger partial charge < -0.3 is 19.1 Å². The van der Waals surface area contributed by atoms with Crippen LogP contribution in [0.25, 0.3) is 33.5 Å². The summed E-state index contributed by atoms with van der Waals surface area (Å²) in [5, 5.41) is 4.11. The second-order valence-corrected chi connectivity index (χ2v) is 7.12. The van der Waals surface area contributed by atoms with Crippen LogP contribution in [0.3, 0.4) is 0 Å². The molecule has 0 spiro atoms. The smallest absolute Gasteiger partial charge is 0.323 e. The molecule has 9 heteroatoms. The minimum Gasteiger partial charge on any atom is -0.334 e. The number of benzene rings is 2. The Balaban J connectivity index is 1.57. The van der Waals surface area contributed by atoms with Gasteiger partial charge in [-0.3, -0.25) is 0 Å². The topological polar surface area (TPSA) is 105 Å². The first kappa shape index (κ1) is 16.0. The van der Waals surface area contributed by atoms with Gasteiger partial charge in [-0.1, -0.05) is 33.2 Å². The highest BCUT2D eigenvalue weighted by Gasteiger charge is 2.16. The lowest BCUT2D eigenvalue weighted by molar-refractivity contribution is 0.421. The maximum Gasteiger partial charge on any atom is 0.323 e. The molecular weight excluding hydrogens is 412 g/mol. The highest BCUT2D eigenvalue weighted by Crippen LogP contribution is 2.29. The zero-order valence-corrected chi connectivity index (χ0v) is 15.7. The van der Waals surface area contributed by atoms with E-state index in [1.54, 1.807) is 0 Å². The summed E-state index contributed by atoms with van der Waals surface area (Å²) in [6, 6.07) is 11.6. The zero-order valence-electron chi connectivity index (χ0n) is 14.2. The summed E-state index contributed by atoms with van der Waals surface area (Å²) in [4.78, 5) is 26.2. The Labute approximate surface area is 160 Å². The van der Waals surface area contributed by atoms with Crippen molar-refractivity contribution < 1.29 is 4.52 Å². The van der Waals surface area contributed by atoms with Gasteiger partial charge in [0.25, 0.3) is 5.89 Å². The quantitative estimate of drug-likeness (QED) is 0.461. The van der Waals surface area contributed by atoms with Crippen molar-refractivity contribution >= 4 is 38.0 Å². The molecule has 3 heterocycles. The first-order valence-corrected chi connectivity index (χ1v) is 9.04. The number of nitrogens with zero attached hydrogens (tertiary/aromatic N) is 4. The summed E-state index contributed by atoms with van der Waals surface area (Å²) in [5.41, 5.74) is 3.61. The molecule has 3 aromatic heterocycles. The van der Waals surface area contributed by atoms with Gasteiger partial charge in [0.2, 0.25) is 0 Å². The van der Waals surface area contributed by atoms with Gasteiger partial charge in [0.15, 0.2) is 5.82 Å². The average Bonchev–Trinajstić information content (AvgIpc) is 3.32. The van der Waals surface area contributed by atoms with Crippen LogP contribution in [0.15, 0.2) is 50.2 Å². The van der Waals surface area contributed by atoms with E-state index in [1.807, 2.05) is 47.9 Å². The summed E-state index contributed by atoms with van der Waals surface area (Å²) in [6.45, 7) is 2.39. The van der Waals surface area contributed by atoms with E-state index in [4.69, 9.17) is 4.52 Å². The number of fused-ring (bicyclic) bond motifs is 2. The van der Waals surface area contributed by atoms with E-state index in [-0.39, 0.29) is 5.69 Å². The Morgan fingerprint density at radius 1 is 1.19 bits per heavy atom. The number of rotatable bonds is 3. The Morgan fingerprint density at radius 2 is 2.04 bits per heavy atom. The first-order chi connectivity index (χ1) is 13.1. The Hall–Kier alpha value is -3.20. The Bertz CT molecular complexity index is 1360. The van der Waals surface area contributed by atoms with Crippen LogP contribution in [0, 0.1) is 6.92 Å². The van der Waals surface area contributed by atoms with Crippen LogP contribution < -0.4 is 5.69 Å². The number of aromatic amines is 2. The molecule has 2 aromatic carbocycles. The molecule has 0 aliphatic carbocycles. The van der Waals surface area contributed by atoms with Gasteiger partial charge in [-0.15, -0.1) is 0 Å². The number of H-pyrrole nitrogens is 2. The van der Waals surface area contributed by atoms with Crippen molar-refractivity contribution in [3.8, 4) is 11.5 Å². The molecule has 0 unspecified atom stereocenters. The van der Waals surface area contributed by atoms with Crippen LogP contribution in [0.5, 0.6) is 0 Å². The molecule has 27 heavy (non-hydrogen) atoms. The highest BCUT2D eigenvalue weighted by atomic mass is 79.9. The van der Waals surface area contributed by atoms with Gasteiger partial charge in [0, 0.05) is 4.47 Å². The number of halogens is 1. The van der Waals surface area contributed by atoms with Crippen LogP contribution >= 0.6 is 15.9 Å². The van der Waals surface area contributed by atoms with Crippen LogP contribution in [0.1, 0.15) is 11.6 Å². The maximum atomic E-state index is 11.7. The molecular formula is C18H13BrN6O2. The van der Waals surface area contributed by atoms with E-state index in [2.05, 4.69) is 41.0 Å². The maximum absolute atomic E-state index is 11.7. The molecule has 0 amide bonds. The van der Waals surface area contributed by atoms with E-state index in [1.165, 1.54) is 0 Å². The van der Waals surface area contributed by atoms with Gasteiger partial charge in [0.1, 0.15) is 5.82 Å². The summed E-state index contributed by atoms with van der Waals surface area (Å²) in [5.74, 6) is 1.75. The predicted octanol–water partition coefficient (Wildman–Crippen LogP) is 3.38. The number of nitrogens with one attached hydrogen (secondary N) is 2. The lowest BCUT2D eigenvalue weighted by Gasteiger charge is -2.02. The van der Waals surface area contributed by atoms with Gasteiger partial charge in [-0.25, -0.2) is 9.78 Å². The fraction of sp³-hybridized carbons (Fsp3) is 0.111. The number of aromatic nitrogens is 6. The van der Waals surface area contributed by atoms with Crippen molar-refractivity contribution in [3.63, 3.8) is 0 Å². The third-order valence-corrected chi connectivity index (χ3v) is 4.89. The van der Waals surface area contributed by atoms with Crippen LogP contribution in [-0.2, 0) is 6.54 Å². The van der Waals surface area contributed by atoms with Crippen LogP contribution in [0.4, 0.5) is 0 Å². The number of imidazole rings is 2. The predicted molar refractivity (Wildman–Crippen MR) is 103 cm³/mol. The molecule has 0 radical (unpaired) electrons. The normalized spacial score (nSPS) is 11.6. The fourth-order valence-electron chi connectivity index (χ4n) is 3.24. The molecule has 5 rings (SSSR count). The molecule has 0 aliphatic rings. The lowest BCUT2D eigenvalue weighted by Crippen LogP contribution is -2.03. The molecule has 5 aromatic rings. The minimum absolute atomic E-state index is 0.287. The van der Waals surface area contributed by atoms with E-state index in [9.17, 15) is 4.79 Å². The lowest BCUT2D eigenvalue weighted by atomic mass is 10.2. The summed E-state index contributed by atoms with van der Waals surface area (Å²) in [6.07, 6.45) is 0. The first-order valence-electron chi connectivity index (χ1n) is 8.25. The third kappa shape index (κ3) is 2.67. The van der Waals surface area contributed by atoms with Gasteiger partial charge in [0.05, 0.1) is 34.2 Å². The summed E-state index contributed by atoms with van der Waals surface area (Å²) in [7, 11) is 0. The number of hydrogen-bond acceptors (Lipinski definition) is 5. The minimum atomic E-state index is -0.287. The highest BCUT2D eigenvalue weighted by molar-refractivity contribution is 9.10. The molecule has 0 saturated carbocycles. The molecule has 0 aliphatic heterocycles. The van der Waals surface area contributed by atoms with Gasteiger partial charge >= 0.3 is 5.69 Å². The van der Waals surface area contributed by atoms with Crippen molar-refractivity contribution in [1.29, 1.82) is 0 Å². The van der Waals surface area contributed by atoms with E-state index >= 15 is 0 Å². The SMILES string of the molecule is Cc1nc2ccccc2n1Cc1noc(-c2cc(Br)cc3[nH]c(=O)[nH]c23)n1. The molecule has 134 valence electrons. The fourth-order valence-corrected chi connectivity index (χ4v) is 3.70. The Morgan fingerprint density at radius 3 is 2.93 bits per heavy atom. The van der Waals surface area contributed by atoms with E-state index < -0.39 is 0 Å². The largest absolute Gasteiger partial charge is 0.334 e. The molecule has 8 nitrogen and oxygen atoms in total. The van der Waals surface area contributed by atoms with E-state index in [0.29, 0.717) is 34.9 Å². The van der Waals surface area contributed by atoms with Crippen molar-refractivity contribution in [3.05, 3.63) is 63.0 Å². The number of aryl methyl sites for hydroxylation is 1. The molecule has 2 N–H and O–H groups in total. The van der Waals surface area contributed by atoms with Crippen molar-refractivity contribution in [2.75, 3.05) is 0 Å². The average molecular weight is 425 g/mol. The number of hydrogen-bond donors (Lipinski definition) is 2. The summed E-state index contributed by atoms with van der Waals surface area (Å²) < 4.78 is 8.31. The summed E-state index contributed by atoms with van der Waals surface area (Å²) >= 11 is 3.44. The van der Waals surface area contributed by atoms with Crippen molar-refractivity contribution in [2.45, 2.75) is 13.5 Å².